The lowest BCUT2D eigenvalue weighted by atomic mass is 10.0. The summed E-state index contributed by atoms with van der Waals surface area (Å²) in [6, 6.07) is 15.7. The van der Waals surface area contributed by atoms with Gasteiger partial charge in [-0.15, -0.1) is 0 Å². The SMILES string of the molecule is C[C@H](O)c1nccn1C(C=Cc1ccc(-c2ccc(O[C@@H]3COC[C@H]3N)cc2)cc1)CO. The largest absolute Gasteiger partial charge is 0.486 e. The van der Waals surface area contributed by atoms with Gasteiger partial charge in [-0.05, 0) is 35.7 Å². The number of nitrogens with two attached hydrogens (primary N) is 1. The number of imidazole rings is 1. The van der Waals surface area contributed by atoms with Gasteiger partial charge in [0.05, 0.1) is 31.9 Å². The predicted molar refractivity (Wildman–Crippen MR) is 123 cm³/mol. The van der Waals surface area contributed by atoms with Gasteiger partial charge in [-0.1, -0.05) is 48.6 Å². The van der Waals surface area contributed by atoms with Crippen LogP contribution in [-0.4, -0.2) is 51.7 Å². The van der Waals surface area contributed by atoms with Crippen molar-refractivity contribution in [2.45, 2.75) is 31.2 Å². The van der Waals surface area contributed by atoms with Gasteiger partial charge >= 0.3 is 0 Å². The molecule has 0 spiro atoms. The van der Waals surface area contributed by atoms with Crippen LogP contribution in [0.4, 0.5) is 0 Å². The van der Waals surface area contributed by atoms with Crippen LogP contribution in [0.2, 0.25) is 0 Å². The van der Waals surface area contributed by atoms with E-state index in [0.717, 1.165) is 22.4 Å². The van der Waals surface area contributed by atoms with E-state index in [9.17, 15) is 10.2 Å². The molecule has 0 aliphatic carbocycles. The molecule has 1 aliphatic heterocycles. The number of aromatic nitrogens is 2. The van der Waals surface area contributed by atoms with Crippen LogP contribution in [0.5, 0.6) is 5.75 Å². The van der Waals surface area contributed by atoms with Crippen molar-refractivity contribution in [1.82, 2.24) is 9.55 Å². The van der Waals surface area contributed by atoms with Crippen LogP contribution >= 0.6 is 0 Å². The van der Waals surface area contributed by atoms with Crippen LogP contribution in [0, 0.1) is 0 Å². The Bertz CT molecular complexity index is 1030. The number of benzene rings is 2. The van der Waals surface area contributed by atoms with Crippen LogP contribution < -0.4 is 10.5 Å². The topological polar surface area (TPSA) is 103 Å². The van der Waals surface area contributed by atoms with E-state index < -0.39 is 6.10 Å². The summed E-state index contributed by atoms with van der Waals surface area (Å²) in [5.74, 6) is 1.31. The fourth-order valence-corrected chi connectivity index (χ4v) is 3.75. The predicted octanol–water partition coefficient (Wildman–Crippen LogP) is 2.96. The van der Waals surface area contributed by atoms with Gasteiger partial charge < -0.3 is 30.0 Å². The van der Waals surface area contributed by atoms with Gasteiger partial charge in [0.1, 0.15) is 23.8 Å². The quantitative estimate of drug-likeness (QED) is 0.503. The Morgan fingerprint density at radius 3 is 2.44 bits per heavy atom. The molecule has 0 radical (unpaired) electrons. The zero-order valence-electron chi connectivity index (χ0n) is 18.0. The molecule has 4 rings (SSSR count). The molecule has 2 aromatic carbocycles. The molecule has 0 amide bonds. The van der Waals surface area contributed by atoms with Gasteiger partial charge in [-0.2, -0.15) is 0 Å². The summed E-state index contributed by atoms with van der Waals surface area (Å²) in [7, 11) is 0. The summed E-state index contributed by atoms with van der Waals surface area (Å²) < 4.78 is 13.0. The Kier molecular flexibility index (Phi) is 7.02. The van der Waals surface area contributed by atoms with E-state index in [4.69, 9.17) is 15.2 Å². The Morgan fingerprint density at radius 1 is 1.16 bits per heavy atom. The first-order valence-corrected chi connectivity index (χ1v) is 10.8. The molecule has 1 aromatic heterocycles. The summed E-state index contributed by atoms with van der Waals surface area (Å²) in [5, 5.41) is 19.6. The maximum atomic E-state index is 9.85. The van der Waals surface area contributed by atoms with E-state index in [1.807, 2.05) is 48.6 Å². The van der Waals surface area contributed by atoms with Gasteiger partial charge in [-0.25, -0.2) is 4.98 Å². The number of rotatable bonds is 8. The van der Waals surface area contributed by atoms with Crippen molar-refractivity contribution in [1.29, 1.82) is 0 Å². The standard InChI is InChI=1S/C25H29N3O4/c1-17(30)25-27-12-13-28(25)21(14-29)9-4-18-2-5-19(6-3-18)20-7-10-22(11-8-20)32-24-16-31-15-23(24)26/h2-13,17,21,23-24,29-30H,14-16,26H2,1H3/t17-,21?,23+,24+/m0/s1. The van der Waals surface area contributed by atoms with Gasteiger partial charge in [-0.3, -0.25) is 0 Å². The second kappa shape index (κ2) is 10.1. The molecule has 3 aromatic rings. The van der Waals surface area contributed by atoms with Gasteiger partial charge in [0, 0.05) is 12.4 Å². The summed E-state index contributed by atoms with van der Waals surface area (Å²) in [6.07, 6.45) is 6.45. The fourth-order valence-electron chi connectivity index (χ4n) is 3.75. The van der Waals surface area contributed by atoms with Crippen molar-refractivity contribution in [3.05, 3.63) is 78.4 Å². The molecule has 1 unspecified atom stereocenters. The summed E-state index contributed by atoms with van der Waals surface area (Å²) >= 11 is 0. The van der Waals surface area contributed by atoms with Gasteiger partial charge in [0.2, 0.25) is 0 Å². The second-order valence-corrected chi connectivity index (χ2v) is 7.98. The van der Waals surface area contributed by atoms with Crippen molar-refractivity contribution in [2.24, 2.45) is 5.73 Å². The monoisotopic (exact) mass is 435 g/mol. The van der Waals surface area contributed by atoms with E-state index >= 15 is 0 Å². The van der Waals surface area contributed by atoms with Crippen LogP contribution in [0.1, 0.15) is 30.5 Å². The number of hydrogen-bond acceptors (Lipinski definition) is 6. The van der Waals surface area contributed by atoms with E-state index in [1.165, 1.54) is 0 Å². The highest BCUT2D eigenvalue weighted by Crippen LogP contribution is 2.25. The highest BCUT2D eigenvalue weighted by molar-refractivity contribution is 5.66. The maximum Gasteiger partial charge on any atom is 0.139 e. The minimum atomic E-state index is -0.702. The third-order valence-electron chi connectivity index (χ3n) is 5.58. The Labute approximate surface area is 187 Å². The Balaban J connectivity index is 1.41. The molecule has 0 saturated carbocycles. The fraction of sp³-hybridized carbons (Fsp3) is 0.320. The van der Waals surface area contributed by atoms with Gasteiger partial charge in [0.25, 0.3) is 0 Å². The molecular weight excluding hydrogens is 406 g/mol. The average Bonchev–Trinajstić information content (AvgIpc) is 3.45. The molecule has 4 atom stereocenters. The first kappa shape index (κ1) is 22.2. The second-order valence-electron chi connectivity index (χ2n) is 7.98. The van der Waals surface area contributed by atoms with Crippen LogP contribution in [0.25, 0.3) is 17.2 Å². The smallest absolute Gasteiger partial charge is 0.139 e. The first-order chi connectivity index (χ1) is 15.5. The molecule has 7 heteroatoms. The average molecular weight is 436 g/mol. The lowest BCUT2D eigenvalue weighted by Gasteiger charge is -2.16. The van der Waals surface area contributed by atoms with Crippen LogP contribution in [-0.2, 0) is 4.74 Å². The van der Waals surface area contributed by atoms with Crippen molar-refractivity contribution in [3.63, 3.8) is 0 Å². The Hall–Kier alpha value is -2.97. The number of ether oxygens (including phenoxy) is 2. The third kappa shape index (κ3) is 5.08. The molecule has 4 N–H and O–H groups in total. The highest BCUT2D eigenvalue weighted by Gasteiger charge is 2.26. The van der Waals surface area contributed by atoms with Crippen molar-refractivity contribution in [3.8, 4) is 16.9 Å². The maximum absolute atomic E-state index is 9.85. The number of aliphatic hydroxyl groups excluding tert-OH is 2. The molecule has 32 heavy (non-hydrogen) atoms. The van der Waals surface area contributed by atoms with Crippen LogP contribution in [0.3, 0.4) is 0 Å². The molecule has 1 aliphatic rings. The van der Waals surface area contributed by atoms with E-state index in [0.29, 0.717) is 19.0 Å². The molecular formula is C25H29N3O4. The van der Waals surface area contributed by atoms with Crippen molar-refractivity contribution in [2.75, 3.05) is 19.8 Å². The summed E-state index contributed by atoms with van der Waals surface area (Å²) in [5.41, 5.74) is 9.18. The molecule has 0 bridgehead atoms. The van der Waals surface area contributed by atoms with E-state index in [1.54, 1.807) is 23.9 Å². The zero-order valence-corrected chi connectivity index (χ0v) is 18.0. The molecule has 1 fully saturated rings. The summed E-state index contributed by atoms with van der Waals surface area (Å²) in [4.78, 5) is 4.17. The molecule has 7 nitrogen and oxygen atoms in total. The minimum Gasteiger partial charge on any atom is -0.486 e. The van der Waals surface area contributed by atoms with Gasteiger partial charge in [0.15, 0.2) is 0 Å². The Morgan fingerprint density at radius 2 is 1.84 bits per heavy atom. The first-order valence-electron chi connectivity index (χ1n) is 10.8. The molecule has 1 saturated heterocycles. The van der Waals surface area contributed by atoms with Crippen molar-refractivity contribution >= 4 is 6.08 Å². The van der Waals surface area contributed by atoms with E-state index in [2.05, 4.69) is 17.1 Å². The van der Waals surface area contributed by atoms with Crippen LogP contribution in [0.15, 0.2) is 67.0 Å². The highest BCUT2D eigenvalue weighted by atomic mass is 16.5. The minimum absolute atomic E-state index is 0.0863. The van der Waals surface area contributed by atoms with E-state index in [-0.39, 0.29) is 24.8 Å². The molecule has 168 valence electrons. The lowest BCUT2D eigenvalue weighted by Crippen LogP contribution is -2.37. The normalized spacial score (nSPS) is 20.5. The number of nitrogens with zero attached hydrogens (tertiary/aromatic N) is 2. The number of aliphatic hydroxyl groups is 2. The lowest BCUT2D eigenvalue weighted by molar-refractivity contribution is 0.140. The summed E-state index contributed by atoms with van der Waals surface area (Å²) in [6.45, 7) is 2.63. The molecule has 2 heterocycles. The third-order valence-corrected chi connectivity index (χ3v) is 5.58. The number of hydrogen-bond donors (Lipinski definition) is 3. The zero-order chi connectivity index (χ0) is 22.5. The van der Waals surface area contributed by atoms with Crippen molar-refractivity contribution < 1.29 is 19.7 Å².